The zero-order chi connectivity index (χ0) is 15.2. The molecule has 1 fully saturated rings. The van der Waals surface area contributed by atoms with E-state index in [1.807, 2.05) is 0 Å². The second-order valence-corrected chi connectivity index (χ2v) is 5.63. The van der Waals surface area contributed by atoms with E-state index < -0.39 is 17.5 Å². The van der Waals surface area contributed by atoms with E-state index in [1.165, 1.54) is 4.90 Å². The summed E-state index contributed by atoms with van der Waals surface area (Å²) in [6, 6.07) is -0.866. The van der Waals surface area contributed by atoms with Gasteiger partial charge in [0.2, 0.25) is 0 Å². The lowest BCUT2D eigenvalue weighted by molar-refractivity contribution is -0.138. The fourth-order valence-corrected chi connectivity index (χ4v) is 2.54. The van der Waals surface area contributed by atoms with Crippen LogP contribution in [0.3, 0.4) is 0 Å². The van der Waals surface area contributed by atoms with E-state index in [4.69, 9.17) is 5.11 Å². The smallest absolute Gasteiger partial charge is 0.441 e. The first-order valence-electron chi connectivity index (χ1n) is 6.26. The van der Waals surface area contributed by atoms with Gasteiger partial charge in [-0.05, 0) is 31.0 Å². The highest BCUT2D eigenvalue weighted by Gasteiger charge is 2.29. The maximum absolute atomic E-state index is 11.9. The SMILES string of the molecule is O=C(O)CC1CCCCN1C(=O)NCCSC(F)(F)F. The third-order valence-corrected chi connectivity index (χ3v) is 3.68. The van der Waals surface area contributed by atoms with Gasteiger partial charge in [-0.2, -0.15) is 13.2 Å². The number of rotatable bonds is 5. The number of aliphatic carboxylic acids is 1. The summed E-state index contributed by atoms with van der Waals surface area (Å²) in [7, 11) is 0. The Morgan fingerprint density at radius 1 is 1.35 bits per heavy atom. The molecule has 0 aromatic rings. The summed E-state index contributed by atoms with van der Waals surface area (Å²) in [6.07, 6.45) is 2.11. The number of nitrogens with one attached hydrogen (secondary N) is 1. The van der Waals surface area contributed by atoms with E-state index in [2.05, 4.69) is 5.32 Å². The third kappa shape index (κ3) is 6.36. The van der Waals surface area contributed by atoms with Gasteiger partial charge in [-0.1, -0.05) is 0 Å². The summed E-state index contributed by atoms with van der Waals surface area (Å²) in [5, 5.41) is 11.2. The Kier molecular flexibility index (Phi) is 6.44. The van der Waals surface area contributed by atoms with E-state index in [0.29, 0.717) is 13.0 Å². The third-order valence-electron chi connectivity index (χ3n) is 2.94. The topological polar surface area (TPSA) is 69.6 Å². The molecule has 116 valence electrons. The summed E-state index contributed by atoms with van der Waals surface area (Å²) in [5.74, 6) is -1.24. The summed E-state index contributed by atoms with van der Waals surface area (Å²) in [5.41, 5.74) is -4.30. The van der Waals surface area contributed by atoms with Crippen LogP contribution >= 0.6 is 11.8 Å². The van der Waals surface area contributed by atoms with Crippen molar-refractivity contribution in [3.63, 3.8) is 0 Å². The number of carboxylic acid groups (broad SMARTS) is 1. The predicted octanol–water partition coefficient (Wildman–Crippen LogP) is 2.28. The molecule has 1 aliphatic rings. The number of thioether (sulfide) groups is 1. The van der Waals surface area contributed by atoms with Crippen molar-refractivity contribution in [3.05, 3.63) is 0 Å². The fourth-order valence-electron chi connectivity index (χ4n) is 2.11. The first-order chi connectivity index (χ1) is 9.29. The van der Waals surface area contributed by atoms with Crippen LogP contribution in [-0.4, -0.2) is 52.4 Å². The van der Waals surface area contributed by atoms with Crippen LogP contribution < -0.4 is 5.32 Å². The largest absolute Gasteiger partial charge is 0.481 e. The summed E-state index contributed by atoms with van der Waals surface area (Å²) in [6.45, 7) is 0.343. The maximum atomic E-state index is 11.9. The van der Waals surface area contributed by atoms with E-state index >= 15 is 0 Å². The second-order valence-electron chi connectivity index (χ2n) is 4.47. The Balaban J connectivity index is 2.37. The molecule has 5 nitrogen and oxygen atoms in total. The van der Waals surface area contributed by atoms with Crippen LogP contribution in [0.15, 0.2) is 0 Å². The Hall–Kier alpha value is -1.12. The number of amides is 2. The molecule has 0 radical (unpaired) electrons. The molecular formula is C11H17F3N2O3S. The first-order valence-corrected chi connectivity index (χ1v) is 7.25. The summed E-state index contributed by atoms with van der Waals surface area (Å²) >= 11 is -0.194. The number of likely N-dealkylation sites (tertiary alicyclic amines) is 1. The average Bonchev–Trinajstić information content (AvgIpc) is 2.33. The van der Waals surface area contributed by atoms with Crippen LogP contribution in [0.1, 0.15) is 25.7 Å². The number of carbonyl (C=O) groups excluding carboxylic acids is 1. The highest BCUT2D eigenvalue weighted by Crippen LogP contribution is 2.29. The van der Waals surface area contributed by atoms with Crippen molar-refractivity contribution >= 4 is 23.8 Å². The number of nitrogens with zero attached hydrogens (tertiary/aromatic N) is 1. The van der Waals surface area contributed by atoms with Gasteiger partial charge in [-0.15, -0.1) is 0 Å². The van der Waals surface area contributed by atoms with Gasteiger partial charge in [0, 0.05) is 24.9 Å². The average molecular weight is 314 g/mol. The van der Waals surface area contributed by atoms with Gasteiger partial charge in [0.05, 0.1) is 6.42 Å². The normalized spacial score (nSPS) is 19.8. The number of alkyl halides is 3. The molecule has 0 saturated carbocycles. The minimum Gasteiger partial charge on any atom is -0.481 e. The number of hydrogen-bond acceptors (Lipinski definition) is 3. The van der Waals surface area contributed by atoms with Crippen LogP contribution in [0.4, 0.5) is 18.0 Å². The lowest BCUT2D eigenvalue weighted by atomic mass is 10.00. The molecule has 0 bridgehead atoms. The quantitative estimate of drug-likeness (QED) is 0.764. The molecule has 0 aromatic heterocycles. The molecule has 1 saturated heterocycles. The van der Waals surface area contributed by atoms with E-state index in [0.717, 1.165) is 12.8 Å². The molecule has 0 aliphatic carbocycles. The van der Waals surface area contributed by atoms with Crippen LogP contribution in [0, 0.1) is 0 Å². The fraction of sp³-hybridized carbons (Fsp3) is 0.818. The number of urea groups is 1. The zero-order valence-corrected chi connectivity index (χ0v) is 11.6. The van der Waals surface area contributed by atoms with Crippen LogP contribution in [0.2, 0.25) is 0 Å². The first kappa shape index (κ1) is 16.9. The molecule has 1 atom stereocenters. The molecule has 1 rings (SSSR count). The second kappa shape index (κ2) is 7.61. The summed E-state index contributed by atoms with van der Waals surface area (Å²) in [4.78, 5) is 24.0. The highest BCUT2D eigenvalue weighted by molar-refractivity contribution is 8.00. The van der Waals surface area contributed by atoms with Crippen LogP contribution in [0.25, 0.3) is 0 Å². The highest BCUT2D eigenvalue weighted by atomic mass is 32.2. The van der Waals surface area contributed by atoms with Crippen LogP contribution in [0.5, 0.6) is 0 Å². The molecule has 1 aliphatic heterocycles. The minimum atomic E-state index is -4.30. The van der Waals surface area contributed by atoms with Gasteiger partial charge in [-0.25, -0.2) is 4.79 Å². The Labute approximate surface area is 118 Å². The zero-order valence-electron chi connectivity index (χ0n) is 10.8. The van der Waals surface area contributed by atoms with Gasteiger partial charge in [-0.3, -0.25) is 4.79 Å². The van der Waals surface area contributed by atoms with Crippen molar-refractivity contribution in [3.8, 4) is 0 Å². The molecule has 0 aromatic carbocycles. The Morgan fingerprint density at radius 3 is 2.65 bits per heavy atom. The van der Waals surface area contributed by atoms with Gasteiger partial charge in [0.15, 0.2) is 0 Å². The maximum Gasteiger partial charge on any atom is 0.441 e. The molecule has 0 spiro atoms. The van der Waals surface area contributed by atoms with Gasteiger partial charge in [0.25, 0.3) is 0 Å². The molecule has 9 heteroatoms. The lowest BCUT2D eigenvalue weighted by Gasteiger charge is -2.34. The van der Waals surface area contributed by atoms with Gasteiger partial charge in [0.1, 0.15) is 0 Å². The van der Waals surface area contributed by atoms with Gasteiger partial charge >= 0.3 is 17.5 Å². The number of hydrogen-bond donors (Lipinski definition) is 2. The molecular weight excluding hydrogens is 297 g/mol. The van der Waals surface area contributed by atoms with Crippen molar-refractivity contribution in [1.29, 1.82) is 0 Å². The van der Waals surface area contributed by atoms with Gasteiger partial charge < -0.3 is 15.3 Å². The molecule has 1 unspecified atom stereocenters. The molecule has 1 heterocycles. The Bertz CT molecular complexity index is 352. The van der Waals surface area contributed by atoms with Crippen molar-refractivity contribution in [2.24, 2.45) is 0 Å². The van der Waals surface area contributed by atoms with E-state index in [-0.39, 0.29) is 36.5 Å². The van der Waals surface area contributed by atoms with Crippen molar-refractivity contribution in [1.82, 2.24) is 10.2 Å². The number of halogens is 3. The van der Waals surface area contributed by atoms with E-state index in [9.17, 15) is 22.8 Å². The number of carbonyl (C=O) groups is 2. The predicted molar refractivity (Wildman–Crippen MR) is 68.5 cm³/mol. The number of piperidine rings is 1. The number of carboxylic acids is 1. The molecule has 2 amide bonds. The summed E-state index contributed by atoms with van der Waals surface area (Å²) < 4.78 is 35.7. The minimum absolute atomic E-state index is 0.0979. The van der Waals surface area contributed by atoms with Crippen molar-refractivity contribution < 1.29 is 27.9 Å². The lowest BCUT2D eigenvalue weighted by Crippen LogP contribution is -2.49. The van der Waals surface area contributed by atoms with Crippen LogP contribution in [-0.2, 0) is 4.79 Å². The van der Waals surface area contributed by atoms with Crippen molar-refractivity contribution in [2.45, 2.75) is 37.2 Å². The monoisotopic (exact) mass is 314 g/mol. The Morgan fingerprint density at radius 2 is 2.05 bits per heavy atom. The molecule has 2 N–H and O–H groups in total. The standard InChI is InChI=1S/C11H17F3N2O3S/c12-11(13,14)20-6-4-15-10(19)16-5-2-1-3-8(16)7-9(17)18/h8H,1-7H2,(H,15,19)(H,17,18). The van der Waals surface area contributed by atoms with Crippen molar-refractivity contribution in [2.75, 3.05) is 18.8 Å². The molecule has 20 heavy (non-hydrogen) atoms. The van der Waals surface area contributed by atoms with E-state index in [1.54, 1.807) is 0 Å².